The first-order valence-corrected chi connectivity index (χ1v) is 5.98. The number of benzene rings is 1. The molecule has 1 aliphatic rings. The van der Waals surface area contributed by atoms with Crippen LogP contribution in [0.15, 0.2) is 12.1 Å². The summed E-state index contributed by atoms with van der Waals surface area (Å²) in [5, 5.41) is 9.02. The van der Waals surface area contributed by atoms with Gasteiger partial charge in [-0.25, -0.2) is 8.78 Å². The zero-order valence-electron chi connectivity index (χ0n) is 10.3. The second-order valence-corrected chi connectivity index (χ2v) is 4.75. The van der Waals surface area contributed by atoms with Gasteiger partial charge in [0.2, 0.25) is 0 Å². The Labute approximate surface area is 105 Å². The van der Waals surface area contributed by atoms with Crippen LogP contribution in [-0.4, -0.2) is 36.8 Å². The molecular weight excluding hydrogens is 240 g/mol. The molecule has 1 fully saturated rings. The van der Waals surface area contributed by atoms with Gasteiger partial charge in [0.1, 0.15) is 0 Å². The van der Waals surface area contributed by atoms with Gasteiger partial charge in [-0.2, -0.15) is 0 Å². The molecule has 0 spiro atoms. The second-order valence-electron chi connectivity index (χ2n) is 4.75. The number of hydrogen-bond acceptors (Lipinski definition) is 3. The van der Waals surface area contributed by atoms with E-state index in [1.54, 1.807) is 7.11 Å². The minimum Gasteiger partial charge on any atom is -0.503 e. The molecular formula is C13H17F2NO2. The van der Waals surface area contributed by atoms with E-state index >= 15 is 0 Å². The lowest BCUT2D eigenvalue weighted by molar-refractivity contribution is 0.152. The normalized spacial score (nSPS) is 20.5. The van der Waals surface area contributed by atoms with E-state index in [4.69, 9.17) is 9.84 Å². The Hall–Kier alpha value is -1.20. The minimum absolute atomic E-state index is 0.488. The van der Waals surface area contributed by atoms with Gasteiger partial charge in [0, 0.05) is 20.2 Å². The number of aromatic hydroxyl groups is 1. The van der Waals surface area contributed by atoms with Crippen molar-refractivity contribution in [3.8, 4) is 5.75 Å². The standard InChI is InChI=1S/C13H17F2NO2/c1-18-8-9-2-3-16(6-9)7-10-4-11(14)13(17)12(15)5-10/h4-5,9,17H,2-3,6-8H2,1H3. The van der Waals surface area contributed by atoms with E-state index in [1.165, 1.54) is 12.1 Å². The Kier molecular flexibility index (Phi) is 4.14. The largest absolute Gasteiger partial charge is 0.503 e. The highest BCUT2D eigenvalue weighted by Gasteiger charge is 2.22. The van der Waals surface area contributed by atoms with Gasteiger partial charge in [-0.15, -0.1) is 0 Å². The molecule has 0 radical (unpaired) electrons. The van der Waals surface area contributed by atoms with Gasteiger partial charge < -0.3 is 9.84 Å². The van der Waals surface area contributed by atoms with E-state index in [9.17, 15) is 8.78 Å². The molecule has 1 aromatic carbocycles. The van der Waals surface area contributed by atoms with Crippen LogP contribution < -0.4 is 0 Å². The van der Waals surface area contributed by atoms with Crippen LogP contribution in [0.3, 0.4) is 0 Å². The molecule has 2 rings (SSSR count). The third kappa shape index (κ3) is 2.97. The van der Waals surface area contributed by atoms with Crippen molar-refractivity contribution in [2.45, 2.75) is 13.0 Å². The maximum Gasteiger partial charge on any atom is 0.187 e. The number of nitrogens with zero attached hydrogens (tertiary/aromatic N) is 1. The molecule has 100 valence electrons. The van der Waals surface area contributed by atoms with Crippen molar-refractivity contribution < 1.29 is 18.6 Å². The predicted octanol–water partition coefficient (Wildman–Crippen LogP) is 2.14. The molecule has 0 saturated carbocycles. The molecule has 0 amide bonds. The van der Waals surface area contributed by atoms with Crippen molar-refractivity contribution in [1.29, 1.82) is 0 Å². The summed E-state index contributed by atoms with van der Waals surface area (Å²) in [6.07, 6.45) is 1.04. The summed E-state index contributed by atoms with van der Waals surface area (Å²) < 4.78 is 31.5. The fourth-order valence-electron chi connectivity index (χ4n) is 2.40. The van der Waals surface area contributed by atoms with Crippen molar-refractivity contribution in [2.24, 2.45) is 5.92 Å². The van der Waals surface area contributed by atoms with Gasteiger partial charge in [0.15, 0.2) is 17.4 Å². The number of rotatable bonds is 4. The quantitative estimate of drug-likeness (QED) is 0.897. The molecule has 5 heteroatoms. The molecule has 1 saturated heterocycles. The molecule has 1 aromatic rings. The molecule has 1 N–H and O–H groups in total. The second kappa shape index (κ2) is 5.63. The molecule has 0 aromatic heterocycles. The van der Waals surface area contributed by atoms with Gasteiger partial charge in [0.05, 0.1) is 6.61 Å². The van der Waals surface area contributed by atoms with Crippen molar-refractivity contribution in [3.63, 3.8) is 0 Å². The Bertz CT molecular complexity index is 402. The number of phenols is 1. The van der Waals surface area contributed by atoms with Gasteiger partial charge in [-0.1, -0.05) is 0 Å². The lowest BCUT2D eigenvalue weighted by atomic mass is 10.1. The predicted molar refractivity (Wildman–Crippen MR) is 63.3 cm³/mol. The van der Waals surface area contributed by atoms with Crippen LogP contribution in [0.2, 0.25) is 0 Å². The topological polar surface area (TPSA) is 32.7 Å². The fourth-order valence-corrected chi connectivity index (χ4v) is 2.40. The summed E-state index contributed by atoms with van der Waals surface area (Å²) in [5.41, 5.74) is 0.542. The van der Waals surface area contributed by atoms with Crippen LogP contribution in [0.25, 0.3) is 0 Å². The number of hydrogen-bond donors (Lipinski definition) is 1. The first-order chi connectivity index (χ1) is 8.60. The van der Waals surface area contributed by atoms with Crippen LogP contribution >= 0.6 is 0 Å². The average Bonchev–Trinajstić information content (AvgIpc) is 2.74. The Balaban J connectivity index is 1.98. The van der Waals surface area contributed by atoms with Gasteiger partial charge in [-0.05, 0) is 36.6 Å². The SMILES string of the molecule is COCC1CCN(Cc2cc(F)c(O)c(F)c2)C1. The van der Waals surface area contributed by atoms with Crippen molar-refractivity contribution >= 4 is 0 Å². The van der Waals surface area contributed by atoms with Crippen molar-refractivity contribution in [2.75, 3.05) is 26.8 Å². The average molecular weight is 257 g/mol. The maximum atomic E-state index is 13.2. The molecule has 1 atom stereocenters. The van der Waals surface area contributed by atoms with E-state index in [0.717, 1.165) is 26.1 Å². The van der Waals surface area contributed by atoms with E-state index < -0.39 is 17.4 Å². The highest BCUT2D eigenvalue weighted by molar-refractivity contribution is 5.30. The Morgan fingerprint density at radius 1 is 1.39 bits per heavy atom. The number of ether oxygens (including phenoxy) is 1. The van der Waals surface area contributed by atoms with Crippen LogP contribution in [0.4, 0.5) is 8.78 Å². The summed E-state index contributed by atoms with van der Waals surface area (Å²) in [5.74, 6) is -2.23. The summed E-state index contributed by atoms with van der Waals surface area (Å²) in [6.45, 7) is 2.99. The summed E-state index contributed by atoms with van der Waals surface area (Å²) in [6, 6.07) is 2.37. The van der Waals surface area contributed by atoms with Gasteiger partial charge >= 0.3 is 0 Å². The summed E-state index contributed by atoms with van der Waals surface area (Å²) >= 11 is 0. The first kappa shape index (κ1) is 13.2. The molecule has 3 nitrogen and oxygen atoms in total. The number of phenolic OH excluding ortho intramolecular Hbond substituents is 1. The third-order valence-corrected chi connectivity index (χ3v) is 3.26. The highest BCUT2D eigenvalue weighted by atomic mass is 19.1. The third-order valence-electron chi connectivity index (χ3n) is 3.26. The number of methoxy groups -OCH3 is 1. The molecule has 1 heterocycles. The smallest absolute Gasteiger partial charge is 0.187 e. The van der Waals surface area contributed by atoms with E-state index in [2.05, 4.69) is 4.90 Å². The number of likely N-dealkylation sites (tertiary alicyclic amines) is 1. The lowest BCUT2D eigenvalue weighted by Gasteiger charge is -2.16. The summed E-state index contributed by atoms with van der Waals surface area (Å²) in [7, 11) is 1.67. The van der Waals surface area contributed by atoms with Gasteiger partial charge in [-0.3, -0.25) is 4.90 Å². The Morgan fingerprint density at radius 3 is 2.67 bits per heavy atom. The van der Waals surface area contributed by atoms with Crippen molar-refractivity contribution in [1.82, 2.24) is 4.90 Å². The van der Waals surface area contributed by atoms with E-state index in [-0.39, 0.29) is 0 Å². The lowest BCUT2D eigenvalue weighted by Crippen LogP contribution is -2.21. The van der Waals surface area contributed by atoms with Crippen LogP contribution in [0.5, 0.6) is 5.75 Å². The highest BCUT2D eigenvalue weighted by Crippen LogP contribution is 2.24. The van der Waals surface area contributed by atoms with E-state index in [1.807, 2.05) is 0 Å². The van der Waals surface area contributed by atoms with Crippen LogP contribution in [-0.2, 0) is 11.3 Å². The van der Waals surface area contributed by atoms with E-state index in [0.29, 0.717) is 18.0 Å². The number of halogens is 2. The van der Waals surface area contributed by atoms with Crippen LogP contribution in [0.1, 0.15) is 12.0 Å². The Morgan fingerprint density at radius 2 is 2.06 bits per heavy atom. The van der Waals surface area contributed by atoms with Crippen LogP contribution in [0, 0.1) is 17.6 Å². The summed E-state index contributed by atoms with van der Waals surface area (Å²) in [4.78, 5) is 2.13. The maximum absolute atomic E-state index is 13.2. The molecule has 1 unspecified atom stereocenters. The van der Waals surface area contributed by atoms with Gasteiger partial charge in [0.25, 0.3) is 0 Å². The zero-order valence-corrected chi connectivity index (χ0v) is 10.3. The molecule has 1 aliphatic heterocycles. The monoisotopic (exact) mass is 257 g/mol. The first-order valence-electron chi connectivity index (χ1n) is 5.98. The molecule has 0 bridgehead atoms. The minimum atomic E-state index is -0.905. The molecule has 18 heavy (non-hydrogen) atoms. The molecule has 0 aliphatic carbocycles. The zero-order chi connectivity index (χ0) is 13.1. The van der Waals surface area contributed by atoms with Crippen molar-refractivity contribution in [3.05, 3.63) is 29.3 Å². The fraction of sp³-hybridized carbons (Fsp3) is 0.538.